The smallest absolute Gasteiger partial charge is 0.0490 e. The molecule has 3 saturated carbocycles. The Kier molecular flexibility index (Phi) is 1.95. The maximum atomic E-state index is 9.45. The van der Waals surface area contributed by atoms with Gasteiger partial charge in [0.25, 0.3) is 0 Å². The van der Waals surface area contributed by atoms with E-state index in [0.717, 1.165) is 17.8 Å². The Morgan fingerprint density at radius 3 is 2.25 bits per heavy atom. The van der Waals surface area contributed by atoms with Crippen molar-refractivity contribution in [1.82, 2.24) is 0 Å². The first-order valence-electron chi connectivity index (χ1n) is 5.30. The van der Waals surface area contributed by atoms with Crippen LogP contribution in [0, 0.1) is 23.2 Å². The molecule has 12 heavy (non-hydrogen) atoms. The summed E-state index contributed by atoms with van der Waals surface area (Å²) in [6.07, 6.45) is 5.29. The topological polar surface area (TPSA) is 20.2 Å². The summed E-state index contributed by atoms with van der Waals surface area (Å²) in [6, 6.07) is 0. The minimum Gasteiger partial charge on any atom is -0.396 e. The lowest BCUT2D eigenvalue weighted by Gasteiger charge is -2.54. The molecule has 3 fully saturated rings. The molecule has 3 aliphatic rings. The van der Waals surface area contributed by atoms with Crippen LogP contribution in [0.4, 0.5) is 0 Å². The average Bonchev–Trinajstić information content (AvgIpc) is 2.14. The highest BCUT2D eigenvalue weighted by atomic mass is 16.3. The third-order valence-corrected chi connectivity index (χ3v) is 4.84. The van der Waals surface area contributed by atoms with Crippen molar-refractivity contribution in [3.63, 3.8) is 0 Å². The molecule has 0 heterocycles. The molecule has 0 aromatic heterocycles. The Morgan fingerprint density at radius 2 is 1.83 bits per heavy atom. The molecule has 1 heteroatoms. The van der Waals surface area contributed by atoms with Crippen molar-refractivity contribution in [2.45, 2.75) is 39.5 Å². The molecule has 0 spiro atoms. The molecule has 3 rings (SSSR count). The minimum absolute atomic E-state index is 0.314. The zero-order chi connectivity index (χ0) is 8.77. The van der Waals surface area contributed by atoms with Gasteiger partial charge in [-0.25, -0.2) is 0 Å². The summed E-state index contributed by atoms with van der Waals surface area (Å²) < 4.78 is 0. The Morgan fingerprint density at radius 1 is 1.25 bits per heavy atom. The van der Waals surface area contributed by atoms with Crippen LogP contribution in [0.3, 0.4) is 0 Å². The molecule has 0 unspecified atom stereocenters. The van der Waals surface area contributed by atoms with Crippen LogP contribution >= 0.6 is 0 Å². The lowest BCUT2D eigenvalue weighted by molar-refractivity contribution is -0.0758. The van der Waals surface area contributed by atoms with Gasteiger partial charge in [0.15, 0.2) is 0 Å². The van der Waals surface area contributed by atoms with Gasteiger partial charge in [0.2, 0.25) is 0 Å². The largest absolute Gasteiger partial charge is 0.396 e. The Hall–Kier alpha value is -0.0400. The zero-order valence-electron chi connectivity index (χ0n) is 8.21. The van der Waals surface area contributed by atoms with Gasteiger partial charge in [-0.1, -0.05) is 13.8 Å². The van der Waals surface area contributed by atoms with E-state index in [2.05, 4.69) is 13.8 Å². The van der Waals surface area contributed by atoms with Gasteiger partial charge in [0.1, 0.15) is 0 Å². The molecule has 1 nitrogen and oxygen atoms in total. The summed E-state index contributed by atoms with van der Waals surface area (Å²) in [4.78, 5) is 0. The highest BCUT2D eigenvalue weighted by Crippen LogP contribution is 2.55. The number of hydrogen-bond acceptors (Lipinski definition) is 1. The predicted molar refractivity (Wildman–Crippen MR) is 49.8 cm³/mol. The lowest BCUT2D eigenvalue weighted by atomic mass is 9.52. The van der Waals surface area contributed by atoms with E-state index in [4.69, 9.17) is 0 Å². The molecular formula is C11H20O. The van der Waals surface area contributed by atoms with Crippen LogP contribution in [0.25, 0.3) is 0 Å². The van der Waals surface area contributed by atoms with Crippen molar-refractivity contribution in [3.05, 3.63) is 0 Å². The molecule has 0 saturated heterocycles. The molecule has 0 radical (unpaired) electrons. The first-order chi connectivity index (χ1) is 5.69. The van der Waals surface area contributed by atoms with Crippen LogP contribution in [-0.2, 0) is 0 Å². The minimum atomic E-state index is 0.314. The maximum Gasteiger partial charge on any atom is 0.0490 e. The third-order valence-electron chi connectivity index (χ3n) is 4.84. The summed E-state index contributed by atoms with van der Waals surface area (Å²) in [7, 11) is 0. The maximum absolute atomic E-state index is 9.45. The van der Waals surface area contributed by atoms with Gasteiger partial charge in [-0.05, 0) is 48.9 Å². The second-order valence-electron chi connectivity index (χ2n) is 5.01. The molecule has 70 valence electrons. The van der Waals surface area contributed by atoms with Crippen molar-refractivity contribution >= 4 is 0 Å². The second-order valence-corrected chi connectivity index (χ2v) is 5.01. The monoisotopic (exact) mass is 168 g/mol. The normalized spacial score (nSPS) is 52.8. The van der Waals surface area contributed by atoms with Crippen LogP contribution in [0.5, 0.6) is 0 Å². The molecule has 2 atom stereocenters. The van der Waals surface area contributed by atoms with E-state index >= 15 is 0 Å². The molecule has 0 aromatic rings. The van der Waals surface area contributed by atoms with E-state index in [1.807, 2.05) is 0 Å². The number of aliphatic hydroxyl groups is 1. The molecule has 2 bridgehead atoms. The molecule has 1 N–H and O–H groups in total. The molecule has 0 amide bonds. The van der Waals surface area contributed by atoms with Crippen LogP contribution in [-0.4, -0.2) is 11.7 Å². The second kappa shape index (κ2) is 2.73. The fourth-order valence-corrected chi connectivity index (χ4v) is 3.46. The van der Waals surface area contributed by atoms with E-state index < -0.39 is 0 Å². The summed E-state index contributed by atoms with van der Waals surface area (Å²) in [5.74, 6) is 2.56. The first kappa shape index (κ1) is 8.55. The summed E-state index contributed by atoms with van der Waals surface area (Å²) >= 11 is 0. The van der Waals surface area contributed by atoms with E-state index in [0.29, 0.717) is 12.0 Å². The summed E-state index contributed by atoms with van der Waals surface area (Å²) in [5.41, 5.74) is 0.314. The van der Waals surface area contributed by atoms with Crippen LogP contribution < -0.4 is 0 Å². The average molecular weight is 168 g/mol. The Bertz CT molecular complexity index is 168. The van der Waals surface area contributed by atoms with Crippen molar-refractivity contribution < 1.29 is 5.11 Å². The van der Waals surface area contributed by atoms with Gasteiger partial charge >= 0.3 is 0 Å². The molecule has 3 aliphatic carbocycles. The lowest BCUT2D eigenvalue weighted by Crippen LogP contribution is -2.48. The van der Waals surface area contributed by atoms with E-state index in [1.54, 1.807) is 0 Å². The highest BCUT2D eigenvalue weighted by Gasteiger charge is 2.48. The quantitative estimate of drug-likeness (QED) is 0.637. The number of hydrogen-bond donors (Lipinski definition) is 1. The number of aliphatic hydroxyl groups excluding tert-OH is 1. The van der Waals surface area contributed by atoms with E-state index in [-0.39, 0.29) is 0 Å². The van der Waals surface area contributed by atoms with Crippen molar-refractivity contribution in [1.29, 1.82) is 0 Å². The van der Waals surface area contributed by atoms with Crippen LogP contribution in [0.1, 0.15) is 39.5 Å². The van der Waals surface area contributed by atoms with E-state index in [1.165, 1.54) is 25.7 Å². The number of rotatable bonds is 1. The predicted octanol–water partition coefficient (Wildman–Crippen LogP) is 2.44. The van der Waals surface area contributed by atoms with Crippen molar-refractivity contribution in [3.8, 4) is 0 Å². The Labute approximate surface area is 75.2 Å². The Balaban J connectivity index is 2.22. The summed E-state index contributed by atoms with van der Waals surface area (Å²) in [6.45, 7) is 5.13. The zero-order valence-corrected chi connectivity index (χ0v) is 8.21. The van der Waals surface area contributed by atoms with Gasteiger partial charge in [-0.2, -0.15) is 0 Å². The summed E-state index contributed by atoms with van der Waals surface area (Å²) in [5, 5.41) is 9.45. The SMILES string of the molecule is C[C@H]1C2CCC(CO)(CC2)[C@H]1C. The fraction of sp³-hybridized carbons (Fsp3) is 1.00. The van der Waals surface area contributed by atoms with Crippen LogP contribution in [0.15, 0.2) is 0 Å². The van der Waals surface area contributed by atoms with Crippen LogP contribution in [0.2, 0.25) is 0 Å². The third kappa shape index (κ3) is 0.953. The number of fused-ring (bicyclic) bond motifs is 3. The van der Waals surface area contributed by atoms with Gasteiger partial charge in [0.05, 0.1) is 0 Å². The molecule has 0 aromatic carbocycles. The molecule has 0 aliphatic heterocycles. The van der Waals surface area contributed by atoms with Crippen molar-refractivity contribution in [2.24, 2.45) is 23.2 Å². The van der Waals surface area contributed by atoms with Gasteiger partial charge < -0.3 is 5.11 Å². The first-order valence-corrected chi connectivity index (χ1v) is 5.30. The van der Waals surface area contributed by atoms with E-state index in [9.17, 15) is 5.11 Å². The van der Waals surface area contributed by atoms with Crippen molar-refractivity contribution in [2.75, 3.05) is 6.61 Å². The highest BCUT2D eigenvalue weighted by molar-refractivity contribution is 4.98. The van der Waals surface area contributed by atoms with Gasteiger partial charge in [-0.15, -0.1) is 0 Å². The molecular weight excluding hydrogens is 148 g/mol. The van der Waals surface area contributed by atoms with Gasteiger partial charge in [-0.3, -0.25) is 0 Å². The van der Waals surface area contributed by atoms with Gasteiger partial charge in [0, 0.05) is 6.61 Å². The standard InChI is InChI=1S/C11H20O/c1-8-9(2)11(7-12)5-3-10(8)4-6-11/h8-10,12H,3-7H2,1-2H3/t8-,9+,10?,11?/m1/s1. The fourth-order valence-electron chi connectivity index (χ4n) is 3.46.